The van der Waals surface area contributed by atoms with E-state index in [0.29, 0.717) is 6.10 Å². The molecule has 0 atom stereocenters. The SMILES string of the molecule is C/C=C/[C@H]1CC[C@H](C2CCC(OC)CC2)CC1. The number of hydrogen-bond acceptors (Lipinski definition) is 1. The third-order valence-corrected chi connectivity index (χ3v) is 5.00. The highest BCUT2D eigenvalue weighted by Gasteiger charge is 2.30. The summed E-state index contributed by atoms with van der Waals surface area (Å²) in [5, 5.41) is 0. The molecule has 2 fully saturated rings. The van der Waals surface area contributed by atoms with Crippen LogP contribution in [0.25, 0.3) is 0 Å². The van der Waals surface area contributed by atoms with Crippen LogP contribution in [0.15, 0.2) is 12.2 Å². The summed E-state index contributed by atoms with van der Waals surface area (Å²) >= 11 is 0. The van der Waals surface area contributed by atoms with E-state index >= 15 is 0 Å². The Morgan fingerprint density at radius 2 is 1.35 bits per heavy atom. The van der Waals surface area contributed by atoms with Crippen LogP contribution in [0.2, 0.25) is 0 Å². The minimum atomic E-state index is 0.561. The molecule has 1 heteroatoms. The second-order valence-electron chi connectivity index (χ2n) is 5.97. The molecule has 2 rings (SSSR count). The Morgan fingerprint density at radius 3 is 1.82 bits per heavy atom. The first-order valence-electron chi connectivity index (χ1n) is 7.49. The summed E-state index contributed by atoms with van der Waals surface area (Å²) in [6, 6.07) is 0. The molecule has 17 heavy (non-hydrogen) atoms. The minimum absolute atomic E-state index is 0.561. The highest BCUT2D eigenvalue weighted by atomic mass is 16.5. The van der Waals surface area contributed by atoms with Crippen LogP contribution in [0, 0.1) is 17.8 Å². The van der Waals surface area contributed by atoms with Crippen LogP contribution in [-0.2, 0) is 4.74 Å². The number of ether oxygens (including phenoxy) is 1. The standard InChI is InChI=1S/C16H28O/c1-3-4-13-5-7-14(8-6-13)15-9-11-16(17-2)12-10-15/h3-4,13-16H,5-12H2,1-2H3/b4-3+/t13-,14-,15?,16?. The Bertz CT molecular complexity index is 230. The predicted molar refractivity (Wildman–Crippen MR) is 73.0 cm³/mol. The molecule has 2 aliphatic carbocycles. The van der Waals surface area contributed by atoms with Crippen molar-refractivity contribution in [1.82, 2.24) is 0 Å². The Kier molecular flexibility index (Phi) is 5.09. The van der Waals surface area contributed by atoms with E-state index in [4.69, 9.17) is 4.74 Å². The zero-order valence-electron chi connectivity index (χ0n) is 11.5. The fraction of sp³-hybridized carbons (Fsp3) is 0.875. The molecule has 98 valence electrons. The quantitative estimate of drug-likeness (QED) is 0.652. The van der Waals surface area contributed by atoms with Crippen molar-refractivity contribution in [3.05, 3.63) is 12.2 Å². The van der Waals surface area contributed by atoms with E-state index in [1.165, 1.54) is 51.4 Å². The van der Waals surface area contributed by atoms with Crippen molar-refractivity contribution >= 4 is 0 Å². The molecule has 0 aromatic rings. The van der Waals surface area contributed by atoms with Crippen molar-refractivity contribution in [2.75, 3.05) is 7.11 Å². The van der Waals surface area contributed by atoms with Gasteiger partial charge in [0.25, 0.3) is 0 Å². The van der Waals surface area contributed by atoms with E-state index in [2.05, 4.69) is 19.1 Å². The summed E-state index contributed by atoms with van der Waals surface area (Å²) in [7, 11) is 1.87. The lowest BCUT2D eigenvalue weighted by molar-refractivity contribution is 0.0405. The zero-order chi connectivity index (χ0) is 12.1. The number of allylic oxidation sites excluding steroid dienone is 2. The first-order valence-corrected chi connectivity index (χ1v) is 7.49. The van der Waals surface area contributed by atoms with Crippen molar-refractivity contribution < 1.29 is 4.74 Å². The molecule has 0 heterocycles. The highest BCUT2D eigenvalue weighted by molar-refractivity contribution is 4.90. The van der Waals surface area contributed by atoms with Crippen LogP contribution >= 0.6 is 0 Å². The van der Waals surface area contributed by atoms with Crippen molar-refractivity contribution in [2.45, 2.75) is 64.4 Å². The van der Waals surface area contributed by atoms with Crippen LogP contribution in [0.5, 0.6) is 0 Å². The maximum absolute atomic E-state index is 5.47. The van der Waals surface area contributed by atoms with E-state index in [0.717, 1.165) is 17.8 Å². The summed E-state index contributed by atoms with van der Waals surface area (Å²) in [6.45, 7) is 2.15. The van der Waals surface area contributed by atoms with E-state index in [1.54, 1.807) is 0 Å². The fourth-order valence-electron chi connectivity index (χ4n) is 3.88. The van der Waals surface area contributed by atoms with E-state index in [9.17, 15) is 0 Å². The fourth-order valence-corrected chi connectivity index (χ4v) is 3.88. The van der Waals surface area contributed by atoms with Gasteiger partial charge < -0.3 is 4.74 Å². The molecule has 0 spiro atoms. The van der Waals surface area contributed by atoms with Gasteiger partial charge in [-0.1, -0.05) is 12.2 Å². The zero-order valence-corrected chi connectivity index (χ0v) is 11.5. The van der Waals surface area contributed by atoms with Gasteiger partial charge in [0.05, 0.1) is 6.10 Å². The van der Waals surface area contributed by atoms with E-state index in [-0.39, 0.29) is 0 Å². The molecule has 0 saturated heterocycles. The first kappa shape index (κ1) is 13.1. The van der Waals surface area contributed by atoms with Crippen LogP contribution in [-0.4, -0.2) is 13.2 Å². The maximum atomic E-state index is 5.47. The molecular weight excluding hydrogens is 208 g/mol. The van der Waals surface area contributed by atoms with E-state index in [1.807, 2.05) is 7.11 Å². The second-order valence-corrected chi connectivity index (χ2v) is 5.97. The largest absolute Gasteiger partial charge is 0.381 e. The predicted octanol–water partition coefficient (Wildman–Crippen LogP) is 4.57. The van der Waals surface area contributed by atoms with Gasteiger partial charge in [-0.15, -0.1) is 0 Å². The summed E-state index contributed by atoms with van der Waals surface area (Å²) in [5.41, 5.74) is 0. The van der Waals surface area contributed by atoms with Gasteiger partial charge in [-0.05, 0) is 76.0 Å². The molecule has 2 saturated carbocycles. The van der Waals surface area contributed by atoms with E-state index < -0.39 is 0 Å². The first-order chi connectivity index (χ1) is 8.33. The number of hydrogen-bond donors (Lipinski definition) is 0. The molecule has 2 aliphatic rings. The van der Waals surface area contributed by atoms with Gasteiger partial charge in [-0.25, -0.2) is 0 Å². The molecule has 0 radical (unpaired) electrons. The Balaban J connectivity index is 1.74. The van der Waals surface area contributed by atoms with Gasteiger partial charge >= 0.3 is 0 Å². The van der Waals surface area contributed by atoms with Gasteiger partial charge in [0, 0.05) is 7.11 Å². The third-order valence-electron chi connectivity index (χ3n) is 5.00. The molecule has 1 nitrogen and oxygen atoms in total. The van der Waals surface area contributed by atoms with Gasteiger partial charge in [-0.3, -0.25) is 0 Å². The Labute approximate surface area is 107 Å². The molecule has 0 unspecified atom stereocenters. The summed E-state index contributed by atoms with van der Waals surface area (Å²) < 4.78 is 5.47. The highest BCUT2D eigenvalue weighted by Crippen LogP contribution is 2.40. The van der Waals surface area contributed by atoms with Crippen molar-refractivity contribution in [1.29, 1.82) is 0 Å². The van der Waals surface area contributed by atoms with Crippen molar-refractivity contribution in [3.8, 4) is 0 Å². The number of methoxy groups -OCH3 is 1. The molecule has 0 bridgehead atoms. The lowest BCUT2D eigenvalue weighted by Crippen LogP contribution is -2.27. The van der Waals surface area contributed by atoms with Crippen LogP contribution in [0.1, 0.15) is 58.3 Å². The molecule has 0 aromatic carbocycles. The lowest BCUT2D eigenvalue weighted by atomic mass is 9.70. The lowest BCUT2D eigenvalue weighted by Gasteiger charge is -2.37. The summed E-state index contributed by atoms with van der Waals surface area (Å²) in [6.07, 6.45) is 16.4. The van der Waals surface area contributed by atoms with Gasteiger partial charge in [0.2, 0.25) is 0 Å². The van der Waals surface area contributed by atoms with Crippen LogP contribution < -0.4 is 0 Å². The maximum Gasteiger partial charge on any atom is 0.0571 e. The monoisotopic (exact) mass is 236 g/mol. The third kappa shape index (κ3) is 3.58. The van der Waals surface area contributed by atoms with Crippen molar-refractivity contribution in [2.24, 2.45) is 17.8 Å². The molecule has 0 aliphatic heterocycles. The summed E-state index contributed by atoms with van der Waals surface area (Å²) in [5.74, 6) is 2.91. The average Bonchev–Trinajstić information content (AvgIpc) is 2.40. The average molecular weight is 236 g/mol. The normalized spacial score (nSPS) is 39.6. The van der Waals surface area contributed by atoms with Crippen molar-refractivity contribution in [3.63, 3.8) is 0 Å². The number of rotatable bonds is 3. The molecule has 0 amide bonds. The topological polar surface area (TPSA) is 9.23 Å². The molecule has 0 aromatic heterocycles. The van der Waals surface area contributed by atoms with Gasteiger partial charge in [0.1, 0.15) is 0 Å². The second kappa shape index (κ2) is 6.58. The molecular formula is C16H28O. The van der Waals surface area contributed by atoms with Gasteiger partial charge in [-0.2, -0.15) is 0 Å². The van der Waals surface area contributed by atoms with Crippen LogP contribution in [0.4, 0.5) is 0 Å². The Hall–Kier alpha value is -0.300. The minimum Gasteiger partial charge on any atom is -0.381 e. The van der Waals surface area contributed by atoms with Gasteiger partial charge in [0.15, 0.2) is 0 Å². The molecule has 0 N–H and O–H groups in total. The Morgan fingerprint density at radius 1 is 0.824 bits per heavy atom. The summed E-state index contributed by atoms with van der Waals surface area (Å²) in [4.78, 5) is 0. The van der Waals surface area contributed by atoms with Crippen LogP contribution in [0.3, 0.4) is 0 Å². The smallest absolute Gasteiger partial charge is 0.0571 e.